The highest BCUT2D eigenvalue weighted by Gasteiger charge is 2.20. The van der Waals surface area contributed by atoms with Gasteiger partial charge in [0.05, 0.1) is 0 Å². The fourth-order valence-electron chi connectivity index (χ4n) is 3.63. The van der Waals surface area contributed by atoms with Crippen LogP contribution in [0.1, 0.15) is 43.2 Å². The van der Waals surface area contributed by atoms with E-state index in [9.17, 15) is 4.79 Å². The van der Waals surface area contributed by atoms with Crippen molar-refractivity contribution in [2.75, 3.05) is 13.1 Å². The van der Waals surface area contributed by atoms with Crippen LogP contribution >= 0.6 is 0 Å². The molecule has 1 aromatic carbocycles. The highest BCUT2D eigenvalue weighted by molar-refractivity contribution is 5.76. The van der Waals surface area contributed by atoms with Crippen LogP contribution in [0.5, 0.6) is 0 Å². The number of rotatable bonds is 4. The Morgan fingerprint density at radius 3 is 2.71 bits per heavy atom. The summed E-state index contributed by atoms with van der Waals surface area (Å²) < 4.78 is 0. The number of fused-ring (bicyclic) bond motifs is 1. The van der Waals surface area contributed by atoms with Gasteiger partial charge in [0, 0.05) is 12.5 Å². The smallest absolute Gasteiger partial charge is 0.220 e. The van der Waals surface area contributed by atoms with E-state index in [1.807, 2.05) is 0 Å². The van der Waals surface area contributed by atoms with Gasteiger partial charge < -0.3 is 10.6 Å². The molecule has 2 N–H and O–H groups in total. The van der Waals surface area contributed by atoms with E-state index in [-0.39, 0.29) is 5.91 Å². The minimum absolute atomic E-state index is 0.248. The van der Waals surface area contributed by atoms with Crippen molar-refractivity contribution in [1.29, 1.82) is 0 Å². The van der Waals surface area contributed by atoms with E-state index in [4.69, 9.17) is 0 Å². The second-order valence-electron chi connectivity index (χ2n) is 6.51. The minimum atomic E-state index is 0.248. The maximum absolute atomic E-state index is 12.1. The quantitative estimate of drug-likeness (QED) is 0.892. The Balaban J connectivity index is 1.43. The van der Waals surface area contributed by atoms with Crippen molar-refractivity contribution in [3.8, 4) is 0 Å². The van der Waals surface area contributed by atoms with Crippen molar-refractivity contribution in [2.24, 2.45) is 5.92 Å². The molecule has 1 atom stereocenters. The molecule has 114 valence electrons. The fourth-order valence-corrected chi connectivity index (χ4v) is 3.63. The predicted molar refractivity (Wildman–Crippen MR) is 85.2 cm³/mol. The van der Waals surface area contributed by atoms with Crippen molar-refractivity contribution in [2.45, 2.75) is 51.0 Å². The van der Waals surface area contributed by atoms with Crippen LogP contribution in [0.25, 0.3) is 0 Å². The summed E-state index contributed by atoms with van der Waals surface area (Å²) in [5, 5.41) is 6.62. The molecule has 3 rings (SSSR count). The van der Waals surface area contributed by atoms with Crippen molar-refractivity contribution < 1.29 is 4.79 Å². The molecule has 1 unspecified atom stereocenters. The van der Waals surface area contributed by atoms with Gasteiger partial charge >= 0.3 is 0 Å². The standard InChI is InChI=1S/C18H26N2O/c21-18(8-5-14-9-11-19-12-10-14)20-17-7-6-15-3-1-2-4-16(15)13-17/h1-4,14,17,19H,5-13H2,(H,20,21). The van der Waals surface area contributed by atoms with Gasteiger partial charge in [0.2, 0.25) is 5.91 Å². The first-order chi connectivity index (χ1) is 10.3. The lowest BCUT2D eigenvalue weighted by atomic mass is 9.88. The largest absolute Gasteiger partial charge is 0.353 e. The molecule has 0 saturated carbocycles. The summed E-state index contributed by atoms with van der Waals surface area (Å²) in [5.74, 6) is 0.988. The third-order valence-corrected chi connectivity index (χ3v) is 4.95. The lowest BCUT2D eigenvalue weighted by Gasteiger charge is -2.26. The lowest BCUT2D eigenvalue weighted by molar-refractivity contribution is -0.122. The third-order valence-electron chi connectivity index (χ3n) is 4.95. The normalized spacial score (nSPS) is 22.6. The predicted octanol–water partition coefficient (Wildman–Crippen LogP) is 2.44. The zero-order valence-corrected chi connectivity index (χ0v) is 12.7. The molecule has 1 aromatic rings. The number of piperidine rings is 1. The maximum atomic E-state index is 12.1. The molecule has 1 aliphatic heterocycles. The Hall–Kier alpha value is -1.35. The van der Waals surface area contributed by atoms with Crippen LogP contribution in [0.4, 0.5) is 0 Å². The molecule has 0 radical (unpaired) electrons. The molecular formula is C18H26N2O. The first kappa shape index (κ1) is 14.6. The first-order valence-corrected chi connectivity index (χ1v) is 8.38. The maximum Gasteiger partial charge on any atom is 0.220 e. The molecule has 3 heteroatoms. The molecule has 1 amide bonds. The molecule has 0 bridgehead atoms. The number of benzene rings is 1. The van der Waals surface area contributed by atoms with E-state index in [1.165, 1.54) is 24.0 Å². The third kappa shape index (κ3) is 4.07. The Morgan fingerprint density at radius 2 is 1.90 bits per heavy atom. The van der Waals surface area contributed by atoms with E-state index in [2.05, 4.69) is 34.9 Å². The van der Waals surface area contributed by atoms with Crippen molar-refractivity contribution in [3.05, 3.63) is 35.4 Å². The van der Waals surface area contributed by atoms with Gasteiger partial charge in [-0.25, -0.2) is 0 Å². The number of nitrogens with one attached hydrogen (secondary N) is 2. The van der Waals surface area contributed by atoms with Crippen LogP contribution < -0.4 is 10.6 Å². The van der Waals surface area contributed by atoms with Crippen LogP contribution in [-0.2, 0) is 17.6 Å². The van der Waals surface area contributed by atoms with Crippen LogP contribution in [0.3, 0.4) is 0 Å². The summed E-state index contributed by atoms with van der Waals surface area (Å²) in [6, 6.07) is 8.95. The Bertz CT molecular complexity index is 480. The minimum Gasteiger partial charge on any atom is -0.353 e. The Kier molecular flexibility index (Phi) is 4.91. The van der Waals surface area contributed by atoms with Gasteiger partial charge in [-0.3, -0.25) is 4.79 Å². The van der Waals surface area contributed by atoms with Gasteiger partial charge in [0.25, 0.3) is 0 Å². The topological polar surface area (TPSA) is 41.1 Å². The summed E-state index contributed by atoms with van der Waals surface area (Å²) in [6.45, 7) is 2.23. The summed E-state index contributed by atoms with van der Waals surface area (Å²) in [4.78, 5) is 12.1. The van der Waals surface area contributed by atoms with Gasteiger partial charge in [-0.1, -0.05) is 24.3 Å². The Morgan fingerprint density at radius 1 is 1.14 bits per heavy atom. The monoisotopic (exact) mass is 286 g/mol. The molecule has 0 spiro atoms. The van der Waals surface area contributed by atoms with E-state index in [1.54, 1.807) is 0 Å². The van der Waals surface area contributed by atoms with Crippen LogP contribution in [0.2, 0.25) is 0 Å². The molecular weight excluding hydrogens is 260 g/mol. The van der Waals surface area contributed by atoms with Crippen LogP contribution in [-0.4, -0.2) is 25.0 Å². The number of carbonyl (C=O) groups excluding carboxylic acids is 1. The van der Waals surface area contributed by atoms with E-state index in [0.29, 0.717) is 12.5 Å². The average molecular weight is 286 g/mol. The van der Waals surface area contributed by atoms with Gasteiger partial charge in [0.1, 0.15) is 0 Å². The molecule has 1 heterocycles. The molecule has 1 saturated heterocycles. The first-order valence-electron chi connectivity index (χ1n) is 8.38. The second kappa shape index (κ2) is 7.08. The Labute approximate surface area is 127 Å². The summed E-state index contributed by atoms with van der Waals surface area (Å²) in [6.07, 6.45) is 7.37. The van der Waals surface area contributed by atoms with E-state index in [0.717, 1.165) is 44.7 Å². The van der Waals surface area contributed by atoms with E-state index >= 15 is 0 Å². The zero-order chi connectivity index (χ0) is 14.5. The van der Waals surface area contributed by atoms with Gasteiger partial charge in [-0.15, -0.1) is 0 Å². The van der Waals surface area contributed by atoms with Crippen molar-refractivity contribution in [3.63, 3.8) is 0 Å². The highest BCUT2D eigenvalue weighted by Crippen LogP contribution is 2.22. The van der Waals surface area contributed by atoms with Crippen molar-refractivity contribution >= 4 is 5.91 Å². The molecule has 21 heavy (non-hydrogen) atoms. The number of aryl methyl sites for hydroxylation is 1. The second-order valence-corrected chi connectivity index (χ2v) is 6.51. The average Bonchev–Trinajstić information content (AvgIpc) is 2.54. The molecule has 0 aromatic heterocycles. The summed E-state index contributed by atoms with van der Waals surface area (Å²) >= 11 is 0. The van der Waals surface area contributed by atoms with Crippen molar-refractivity contribution in [1.82, 2.24) is 10.6 Å². The number of hydrogen-bond acceptors (Lipinski definition) is 2. The molecule has 3 nitrogen and oxygen atoms in total. The number of hydrogen-bond donors (Lipinski definition) is 2. The van der Waals surface area contributed by atoms with Gasteiger partial charge in [-0.05, 0) is 68.7 Å². The molecule has 1 aliphatic carbocycles. The van der Waals surface area contributed by atoms with Crippen LogP contribution in [0, 0.1) is 5.92 Å². The summed E-state index contributed by atoms with van der Waals surface area (Å²) in [7, 11) is 0. The highest BCUT2D eigenvalue weighted by atomic mass is 16.1. The number of carbonyl (C=O) groups is 1. The number of amides is 1. The van der Waals surface area contributed by atoms with Gasteiger partial charge in [0.15, 0.2) is 0 Å². The van der Waals surface area contributed by atoms with Gasteiger partial charge in [-0.2, -0.15) is 0 Å². The fraction of sp³-hybridized carbons (Fsp3) is 0.611. The molecule has 1 fully saturated rings. The SMILES string of the molecule is O=C(CCC1CCNCC1)NC1CCc2ccccc2C1. The van der Waals surface area contributed by atoms with Crippen LogP contribution in [0.15, 0.2) is 24.3 Å². The summed E-state index contributed by atoms with van der Waals surface area (Å²) in [5.41, 5.74) is 2.87. The molecule has 2 aliphatic rings. The lowest BCUT2D eigenvalue weighted by Crippen LogP contribution is -2.39. The zero-order valence-electron chi connectivity index (χ0n) is 12.7. The van der Waals surface area contributed by atoms with E-state index < -0.39 is 0 Å².